The number of pyridine rings is 2. The molecule has 0 amide bonds. The highest BCUT2D eigenvalue weighted by Gasteiger charge is 2.30. The molecule has 0 unspecified atom stereocenters. The fraction of sp³-hybridized carbons (Fsp3) is 0.0455. The van der Waals surface area contributed by atoms with Crippen LogP contribution in [0.5, 0.6) is 5.75 Å². The smallest absolute Gasteiger partial charge is 0.267 e. The lowest BCUT2D eigenvalue weighted by Gasteiger charge is -2.34. The summed E-state index contributed by atoms with van der Waals surface area (Å²) in [5, 5.41) is 14.3. The second-order valence-electron chi connectivity index (χ2n) is 7.20. The zero-order valence-electron chi connectivity index (χ0n) is 16.4. The molecule has 0 bridgehead atoms. The molecule has 32 heavy (non-hydrogen) atoms. The highest BCUT2D eigenvalue weighted by molar-refractivity contribution is 9.10. The van der Waals surface area contributed by atoms with E-state index in [9.17, 15) is 19.0 Å². The molecule has 10 heteroatoms. The van der Waals surface area contributed by atoms with E-state index >= 15 is 0 Å². The van der Waals surface area contributed by atoms with E-state index in [1.807, 2.05) is 30.3 Å². The summed E-state index contributed by atoms with van der Waals surface area (Å²) in [6, 6.07) is 17.6. The molecule has 0 saturated carbocycles. The molecule has 1 aliphatic heterocycles. The number of fused-ring (bicyclic) bond motifs is 2. The molecule has 3 heterocycles. The third-order valence-corrected chi connectivity index (χ3v) is 6.98. The molecule has 0 atom stereocenters. The van der Waals surface area contributed by atoms with Crippen LogP contribution in [0.2, 0.25) is 0 Å². The van der Waals surface area contributed by atoms with Crippen molar-refractivity contribution in [3.05, 3.63) is 92.8 Å². The minimum Gasteiger partial charge on any atom is -0.506 e. The molecule has 5 rings (SSSR count). The fourth-order valence-electron chi connectivity index (χ4n) is 3.65. The predicted octanol–water partition coefficient (Wildman–Crippen LogP) is 4.81. The average molecular weight is 513 g/mol. The van der Waals surface area contributed by atoms with Gasteiger partial charge in [0.25, 0.3) is 5.56 Å². The number of nitrogens with zero attached hydrogens (tertiary/aromatic N) is 3. The first kappa shape index (κ1) is 20.7. The van der Waals surface area contributed by atoms with Crippen molar-refractivity contribution in [3.63, 3.8) is 0 Å². The van der Waals surface area contributed by atoms with Crippen LogP contribution in [0.25, 0.3) is 11.0 Å². The van der Waals surface area contributed by atoms with Crippen LogP contribution in [-0.2, 0) is 6.54 Å². The molecule has 162 valence electrons. The Balaban J connectivity index is 1.74. The van der Waals surface area contributed by atoms with E-state index in [-0.39, 0.29) is 28.6 Å². The van der Waals surface area contributed by atoms with Gasteiger partial charge in [-0.15, -0.1) is 4.40 Å². The van der Waals surface area contributed by atoms with E-state index in [2.05, 4.69) is 30.6 Å². The number of aromatic hydroxyl groups is 1. The zero-order chi connectivity index (χ0) is 22.5. The third-order valence-electron chi connectivity index (χ3n) is 5.12. The van der Waals surface area contributed by atoms with Gasteiger partial charge >= 0.3 is 0 Å². The molecular formula is C22H17BrN4O4S. The van der Waals surface area contributed by atoms with Gasteiger partial charge in [0.1, 0.15) is 21.9 Å². The molecule has 8 nitrogen and oxygen atoms in total. The summed E-state index contributed by atoms with van der Waals surface area (Å²) in [6.07, 6.45) is 1.55. The van der Waals surface area contributed by atoms with Crippen LogP contribution in [-0.4, -0.2) is 29.6 Å². The third kappa shape index (κ3) is 3.47. The van der Waals surface area contributed by atoms with Gasteiger partial charge in [0.2, 0.25) is 0 Å². The largest absolute Gasteiger partial charge is 0.506 e. The van der Waals surface area contributed by atoms with Crippen LogP contribution in [0.4, 0.5) is 5.69 Å². The minimum absolute atomic E-state index is 0.116. The van der Waals surface area contributed by atoms with Gasteiger partial charge in [-0.25, -0.2) is 4.98 Å². The van der Waals surface area contributed by atoms with E-state index in [0.717, 1.165) is 5.56 Å². The van der Waals surface area contributed by atoms with Gasteiger partial charge in [-0.05, 0) is 35.9 Å². The van der Waals surface area contributed by atoms with Crippen LogP contribution in [0, 0.1) is 0 Å². The molecule has 2 aromatic heterocycles. The van der Waals surface area contributed by atoms with Crippen molar-refractivity contribution in [3.8, 4) is 5.75 Å². The first-order valence-electron chi connectivity index (χ1n) is 9.55. The summed E-state index contributed by atoms with van der Waals surface area (Å²) in [4.78, 5) is 18.1. The lowest BCUT2D eigenvalue weighted by Crippen LogP contribution is -2.32. The molecule has 0 aliphatic carbocycles. The highest BCUT2D eigenvalue weighted by Crippen LogP contribution is 2.56. The van der Waals surface area contributed by atoms with Gasteiger partial charge in [-0.3, -0.25) is 18.5 Å². The van der Waals surface area contributed by atoms with Crippen molar-refractivity contribution in [2.24, 2.45) is 4.40 Å². The number of amidine groups is 1. The maximum absolute atomic E-state index is 13.6. The highest BCUT2D eigenvalue weighted by atomic mass is 79.9. The fourth-order valence-corrected chi connectivity index (χ4v) is 5.35. The van der Waals surface area contributed by atoms with Crippen molar-refractivity contribution in [2.45, 2.75) is 11.4 Å². The number of aromatic nitrogens is 2. The summed E-state index contributed by atoms with van der Waals surface area (Å²) in [7, 11) is -3.60. The van der Waals surface area contributed by atoms with Crippen molar-refractivity contribution >= 4 is 49.3 Å². The van der Waals surface area contributed by atoms with Crippen LogP contribution < -0.4 is 10.9 Å². The number of hydrogen-bond acceptors (Lipinski definition) is 7. The maximum atomic E-state index is 13.6. The summed E-state index contributed by atoms with van der Waals surface area (Å²) >= 11 is 3.31. The Bertz CT molecular complexity index is 1450. The van der Waals surface area contributed by atoms with E-state index in [0.29, 0.717) is 21.2 Å². The summed E-state index contributed by atoms with van der Waals surface area (Å²) in [6.45, 7) is 0.216. The van der Waals surface area contributed by atoms with Gasteiger partial charge in [0.05, 0.1) is 17.6 Å². The molecule has 0 spiro atoms. The Morgan fingerprint density at radius 2 is 1.84 bits per heavy atom. The number of benzene rings is 2. The number of rotatable bonds is 3. The van der Waals surface area contributed by atoms with Gasteiger partial charge in [-0.1, -0.05) is 57.0 Å². The van der Waals surface area contributed by atoms with Crippen LogP contribution in [0.15, 0.2) is 85.4 Å². The van der Waals surface area contributed by atoms with Crippen molar-refractivity contribution in [2.75, 3.05) is 5.32 Å². The molecular weight excluding hydrogens is 496 g/mol. The maximum Gasteiger partial charge on any atom is 0.267 e. The Hall–Kier alpha value is -3.18. The molecule has 1 aliphatic rings. The zero-order valence-corrected chi connectivity index (χ0v) is 18.8. The van der Waals surface area contributed by atoms with Gasteiger partial charge in [0, 0.05) is 10.7 Å². The SMILES string of the molecule is O=c1c(C2=NS(O)(O)c3cc(Br)ccc3N2)c(O)c2cccnc2n1Cc1ccccc1. The summed E-state index contributed by atoms with van der Waals surface area (Å²) < 4.78 is 27.5. The molecule has 0 radical (unpaired) electrons. The van der Waals surface area contributed by atoms with Gasteiger partial charge in [-0.2, -0.15) is 0 Å². The molecule has 0 saturated heterocycles. The molecule has 2 aromatic carbocycles. The van der Waals surface area contributed by atoms with E-state index < -0.39 is 16.3 Å². The molecule has 0 fully saturated rings. The van der Waals surface area contributed by atoms with E-state index in [1.54, 1.807) is 36.5 Å². The monoisotopic (exact) mass is 512 g/mol. The summed E-state index contributed by atoms with van der Waals surface area (Å²) in [5.74, 6) is -0.445. The Labute approximate surface area is 192 Å². The standard InChI is InChI=1S/C22H17BrN4O4S/c23-14-8-9-16-17(11-14)32(30,31)26-20(25-16)18-19(28)15-7-4-10-24-21(15)27(22(18)29)12-13-5-2-1-3-6-13/h1-11,28,30-31H,12H2,(H,25,26). The number of halogens is 1. The normalized spacial score (nSPS) is 15.5. The van der Waals surface area contributed by atoms with Crippen molar-refractivity contribution < 1.29 is 14.2 Å². The Morgan fingerprint density at radius 1 is 1.06 bits per heavy atom. The molecule has 4 aromatic rings. The first-order chi connectivity index (χ1) is 15.3. The van der Waals surface area contributed by atoms with Crippen LogP contribution in [0.3, 0.4) is 0 Å². The number of anilines is 1. The van der Waals surface area contributed by atoms with E-state index in [1.165, 1.54) is 4.57 Å². The lowest BCUT2D eigenvalue weighted by atomic mass is 10.1. The Morgan fingerprint density at radius 3 is 2.62 bits per heavy atom. The second kappa shape index (κ2) is 7.75. The lowest BCUT2D eigenvalue weighted by molar-refractivity contribution is 0.477. The second-order valence-corrected chi connectivity index (χ2v) is 9.77. The number of nitrogens with one attached hydrogen (secondary N) is 1. The molecule has 4 N–H and O–H groups in total. The predicted molar refractivity (Wildman–Crippen MR) is 129 cm³/mol. The average Bonchev–Trinajstić information content (AvgIpc) is 2.78. The summed E-state index contributed by atoms with van der Waals surface area (Å²) in [5.41, 5.74) is 0.860. The minimum atomic E-state index is -3.60. The number of hydrogen-bond donors (Lipinski definition) is 4. The van der Waals surface area contributed by atoms with Crippen LogP contribution >= 0.6 is 26.7 Å². The van der Waals surface area contributed by atoms with Crippen molar-refractivity contribution in [1.29, 1.82) is 0 Å². The topological polar surface area (TPSA) is 120 Å². The van der Waals surface area contributed by atoms with Gasteiger partial charge < -0.3 is 10.4 Å². The van der Waals surface area contributed by atoms with Crippen molar-refractivity contribution in [1.82, 2.24) is 9.55 Å². The van der Waals surface area contributed by atoms with E-state index in [4.69, 9.17) is 0 Å². The first-order valence-corrected chi connectivity index (χ1v) is 11.8. The van der Waals surface area contributed by atoms with Gasteiger partial charge in [0.15, 0.2) is 5.84 Å². The Kier molecular flexibility index (Phi) is 5.01. The quantitative estimate of drug-likeness (QED) is 0.312. The van der Waals surface area contributed by atoms with Crippen LogP contribution in [0.1, 0.15) is 11.1 Å².